The molecule has 0 fully saturated rings. The number of ketones is 1. The molecule has 0 aliphatic heterocycles. The first-order valence-corrected chi connectivity index (χ1v) is 5.88. The Balaban J connectivity index is 2.82. The first-order chi connectivity index (χ1) is 7.54. The Morgan fingerprint density at radius 2 is 2.19 bits per heavy atom. The SMILES string of the molecule is CC(=O)c1cc(C)ccc1OCC(C)CCl. The van der Waals surface area contributed by atoms with Gasteiger partial charge in [0.25, 0.3) is 0 Å². The van der Waals surface area contributed by atoms with Crippen LogP contribution in [0.15, 0.2) is 18.2 Å². The topological polar surface area (TPSA) is 26.3 Å². The highest BCUT2D eigenvalue weighted by Gasteiger charge is 2.10. The predicted octanol–water partition coefficient (Wildman–Crippen LogP) is 3.45. The largest absolute Gasteiger partial charge is 0.493 e. The highest BCUT2D eigenvalue weighted by Crippen LogP contribution is 2.21. The molecule has 1 aromatic rings. The van der Waals surface area contributed by atoms with Gasteiger partial charge in [0.1, 0.15) is 5.75 Å². The third-order valence-corrected chi connectivity index (χ3v) is 2.83. The third-order valence-electron chi connectivity index (χ3n) is 2.30. The normalized spacial score (nSPS) is 12.2. The quantitative estimate of drug-likeness (QED) is 0.582. The van der Waals surface area contributed by atoms with E-state index in [2.05, 4.69) is 0 Å². The lowest BCUT2D eigenvalue weighted by Gasteiger charge is -2.13. The molecule has 0 saturated heterocycles. The van der Waals surface area contributed by atoms with Gasteiger partial charge in [0, 0.05) is 11.8 Å². The summed E-state index contributed by atoms with van der Waals surface area (Å²) in [5.74, 6) is 1.51. The molecule has 0 N–H and O–H groups in total. The Kier molecular flexibility index (Phi) is 4.81. The molecule has 0 aliphatic rings. The van der Waals surface area contributed by atoms with E-state index in [-0.39, 0.29) is 11.7 Å². The van der Waals surface area contributed by atoms with Crippen molar-refractivity contribution in [3.63, 3.8) is 0 Å². The van der Waals surface area contributed by atoms with Crippen molar-refractivity contribution in [2.75, 3.05) is 12.5 Å². The molecular weight excluding hydrogens is 224 g/mol. The number of hydrogen-bond donors (Lipinski definition) is 0. The zero-order valence-electron chi connectivity index (χ0n) is 9.92. The zero-order valence-corrected chi connectivity index (χ0v) is 10.7. The number of aryl methyl sites for hydroxylation is 1. The summed E-state index contributed by atoms with van der Waals surface area (Å²) in [7, 11) is 0. The minimum atomic E-state index is 0.0252. The summed E-state index contributed by atoms with van der Waals surface area (Å²) in [6.45, 7) is 6.05. The molecule has 0 radical (unpaired) electrons. The third kappa shape index (κ3) is 3.53. The van der Waals surface area contributed by atoms with Gasteiger partial charge in [-0.3, -0.25) is 4.79 Å². The molecule has 0 spiro atoms. The van der Waals surface area contributed by atoms with Gasteiger partial charge >= 0.3 is 0 Å². The van der Waals surface area contributed by atoms with Crippen molar-refractivity contribution in [2.45, 2.75) is 20.8 Å². The summed E-state index contributed by atoms with van der Waals surface area (Å²) >= 11 is 5.70. The lowest BCUT2D eigenvalue weighted by atomic mass is 10.1. The highest BCUT2D eigenvalue weighted by molar-refractivity contribution is 6.18. The fourth-order valence-corrected chi connectivity index (χ4v) is 1.41. The second-order valence-corrected chi connectivity index (χ2v) is 4.43. The van der Waals surface area contributed by atoms with Crippen LogP contribution in [0.4, 0.5) is 0 Å². The molecule has 1 atom stereocenters. The molecule has 0 saturated carbocycles. The van der Waals surface area contributed by atoms with Crippen molar-refractivity contribution < 1.29 is 9.53 Å². The lowest BCUT2D eigenvalue weighted by Crippen LogP contribution is -2.11. The lowest BCUT2D eigenvalue weighted by molar-refractivity contribution is 0.101. The van der Waals surface area contributed by atoms with Crippen molar-refractivity contribution in [1.29, 1.82) is 0 Å². The number of rotatable bonds is 5. The number of ether oxygens (including phenoxy) is 1. The van der Waals surface area contributed by atoms with Gasteiger partial charge in [0.05, 0.1) is 12.2 Å². The molecule has 1 rings (SSSR count). The standard InChI is InChI=1S/C13H17ClO2/c1-9-4-5-13(12(6-9)11(3)15)16-8-10(2)7-14/h4-6,10H,7-8H2,1-3H3. The first-order valence-electron chi connectivity index (χ1n) is 5.35. The van der Waals surface area contributed by atoms with E-state index in [0.29, 0.717) is 23.8 Å². The molecule has 0 bridgehead atoms. The van der Waals surface area contributed by atoms with Crippen LogP contribution in [0.25, 0.3) is 0 Å². The Bertz CT molecular complexity index is 374. The second kappa shape index (κ2) is 5.90. The average molecular weight is 241 g/mol. The maximum atomic E-state index is 11.4. The van der Waals surface area contributed by atoms with Crippen LogP contribution in [0, 0.1) is 12.8 Å². The Morgan fingerprint density at radius 3 is 2.75 bits per heavy atom. The summed E-state index contributed by atoms with van der Waals surface area (Å²) < 4.78 is 5.60. The summed E-state index contributed by atoms with van der Waals surface area (Å²) in [6, 6.07) is 5.63. The van der Waals surface area contributed by atoms with Gasteiger partial charge in [0.2, 0.25) is 0 Å². The molecule has 1 unspecified atom stereocenters. The van der Waals surface area contributed by atoms with Crippen molar-refractivity contribution in [2.24, 2.45) is 5.92 Å². The van der Waals surface area contributed by atoms with E-state index in [4.69, 9.17) is 16.3 Å². The van der Waals surface area contributed by atoms with Crippen LogP contribution < -0.4 is 4.74 Å². The number of carbonyl (C=O) groups excluding carboxylic acids is 1. The molecule has 88 valence electrons. The van der Waals surface area contributed by atoms with Gasteiger partial charge in [0.15, 0.2) is 5.78 Å². The minimum absolute atomic E-state index is 0.0252. The average Bonchev–Trinajstić information content (AvgIpc) is 2.26. The van der Waals surface area contributed by atoms with E-state index in [1.165, 1.54) is 0 Å². The Labute approximate surface area is 102 Å². The molecule has 0 aromatic heterocycles. The van der Waals surface area contributed by atoms with Crippen molar-refractivity contribution in [3.05, 3.63) is 29.3 Å². The molecule has 16 heavy (non-hydrogen) atoms. The van der Waals surface area contributed by atoms with Crippen molar-refractivity contribution in [1.82, 2.24) is 0 Å². The fourth-order valence-electron chi connectivity index (χ4n) is 1.32. The number of benzene rings is 1. The van der Waals surface area contributed by atoms with Gasteiger partial charge in [-0.15, -0.1) is 11.6 Å². The molecular formula is C13H17ClO2. The molecule has 0 heterocycles. The number of hydrogen-bond acceptors (Lipinski definition) is 2. The van der Waals surface area contributed by atoms with Crippen molar-refractivity contribution in [3.8, 4) is 5.75 Å². The zero-order chi connectivity index (χ0) is 12.1. The maximum Gasteiger partial charge on any atom is 0.163 e. The van der Waals surface area contributed by atoms with Crippen LogP contribution in [0.5, 0.6) is 5.75 Å². The van der Waals surface area contributed by atoms with Crippen LogP contribution in [-0.4, -0.2) is 18.3 Å². The van der Waals surface area contributed by atoms with E-state index >= 15 is 0 Å². The monoisotopic (exact) mass is 240 g/mol. The van der Waals surface area contributed by atoms with Gasteiger partial charge in [-0.2, -0.15) is 0 Å². The summed E-state index contributed by atoms with van der Waals surface area (Å²) in [5, 5.41) is 0. The van der Waals surface area contributed by atoms with E-state index < -0.39 is 0 Å². The van der Waals surface area contributed by atoms with E-state index in [0.717, 1.165) is 5.56 Å². The van der Waals surface area contributed by atoms with E-state index in [1.54, 1.807) is 6.92 Å². The molecule has 2 nitrogen and oxygen atoms in total. The molecule has 0 amide bonds. The minimum Gasteiger partial charge on any atom is -0.493 e. The van der Waals surface area contributed by atoms with Crippen LogP contribution in [0.3, 0.4) is 0 Å². The second-order valence-electron chi connectivity index (χ2n) is 4.13. The smallest absolute Gasteiger partial charge is 0.163 e. The first kappa shape index (κ1) is 13.0. The van der Waals surface area contributed by atoms with E-state index in [1.807, 2.05) is 32.0 Å². The van der Waals surface area contributed by atoms with Gasteiger partial charge in [-0.05, 0) is 26.0 Å². The molecule has 3 heteroatoms. The number of carbonyl (C=O) groups is 1. The predicted molar refractivity (Wildman–Crippen MR) is 66.6 cm³/mol. The summed E-state index contributed by atoms with van der Waals surface area (Å²) in [5.41, 5.74) is 1.70. The molecule has 1 aromatic carbocycles. The van der Waals surface area contributed by atoms with Gasteiger partial charge in [-0.1, -0.05) is 18.6 Å². The maximum absolute atomic E-state index is 11.4. The van der Waals surface area contributed by atoms with Crippen LogP contribution in [0.1, 0.15) is 29.8 Å². The van der Waals surface area contributed by atoms with Crippen LogP contribution in [-0.2, 0) is 0 Å². The molecule has 0 aliphatic carbocycles. The number of halogens is 1. The van der Waals surface area contributed by atoms with Crippen LogP contribution in [0.2, 0.25) is 0 Å². The Morgan fingerprint density at radius 1 is 1.50 bits per heavy atom. The van der Waals surface area contributed by atoms with E-state index in [9.17, 15) is 4.79 Å². The summed E-state index contributed by atoms with van der Waals surface area (Å²) in [4.78, 5) is 11.4. The van der Waals surface area contributed by atoms with Gasteiger partial charge in [-0.25, -0.2) is 0 Å². The van der Waals surface area contributed by atoms with Crippen LogP contribution >= 0.6 is 11.6 Å². The summed E-state index contributed by atoms with van der Waals surface area (Å²) in [6.07, 6.45) is 0. The van der Waals surface area contributed by atoms with Crippen molar-refractivity contribution >= 4 is 17.4 Å². The number of Topliss-reactive ketones (excluding diaryl/α,β-unsaturated/α-hetero) is 1. The fraction of sp³-hybridized carbons (Fsp3) is 0.462. The van der Waals surface area contributed by atoms with Gasteiger partial charge < -0.3 is 4.74 Å². The highest BCUT2D eigenvalue weighted by atomic mass is 35.5. The number of alkyl halides is 1. The Hall–Kier alpha value is -1.02.